The van der Waals surface area contributed by atoms with Crippen molar-refractivity contribution in [2.75, 3.05) is 13.1 Å². The summed E-state index contributed by atoms with van der Waals surface area (Å²) >= 11 is 11.8. The smallest absolute Gasteiger partial charge is 0.407 e. The topological polar surface area (TPSA) is 49.8 Å². The molecule has 4 nitrogen and oxygen atoms in total. The van der Waals surface area contributed by atoms with Crippen molar-refractivity contribution in [3.8, 4) is 5.75 Å². The Bertz CT molecular complexity index is 433. The number of carbonyl (C=O) groups is 1. The molecule has 1 aromatic rings. The van der Waals surface area contributed by atoms with Crippen LogP contribution in [0.5, 0.6) is 5.75 Å². The first-order valence-corrected chi connectivity index (χ1v) is 6.41. The van der Waals surface area contributed by atoms with Crippen LogP contribution in [-0.4, -0.2) is 35.3 Å². The average molecular weight is 290 g/mol. The number of likely N-dealkylation sites (tertiary alicyclic amines) is 1. The van der Waals surface area contributed by atoms with Crippen LogP contribution in [0.1, 0.15) is 12.8 Å². The molecule has 1 amide bonds. The van der Waals surface area contributed by atoms with Crippen LogP contribution in [0.4, 0.5) is 4.79 Å². The predicted octanol–water partition coefficient (Wildman–Crippen LogP) is 3.51. The Morgan fingerprint density at radius 2 is 2.00 bits per heavy atom. The Labute approximate surface area is 115 Å². The molecule has 0 aliphatic carbocycles. The number of nitrogens with zero attached hydrogens (tertiary/aromatic N) is 1. The number of benzene rings is 1. The molecule has 6 heteroatoms. The van der Waals surface area contributed by atoms with Gasteiger partial charge in [0.05, 0.1) is 6.54 Å². The maximum Gasteiger partial charge on any atom is 0.407 e. The molecule has 1 saturated heterocycles. The van der Waals surface area contributed by atoms with Gasteiger partial charge in [-0.2, -0.15) is 0 Å². The van der Waals surface area contributed by atoms with Gasteiger partial charge in [-0.05, 0) is 31.0 Å². The summed E-state index contributed by atoms with van der Waals surface area (Å²) in [6.07, 6.45) is 0.566. The fourth-order valence-electron chi connectivity index (χ4n) is 2.00. The van der Waals surface area contributed by atoms with Crippen LogP contribution >= 0.6 is 23.2 Å². The molecule has 98 valence electrons. The SMILES string of the molecule is O=C(O)N1CCC[C@@H](Oc2cc(Cl)cc(Cl)c2)C1. The average Bonchev–Trinajstić information content (AvgIpc) is 2.27. The third-order valence-electron chi connectivity index (χ3n) is 2.79. The van der Waals surface area contributed by atoms with Gasteiger partial charge >= 0.3 is 6.09 Å². The lowest BCUT2D eigenvalue weighted by molar-refractivity contribution is 0.0792. The highest BCUT2D eigenvalue weighted by atomic mass is 35.5. The van der Waals surface area contributed by atoms with Crippen LogP contribution in [0.25, 0.3) is 0 Å². The van der Waals surface area contributed by atoms with Gasteiger partial charge in [-0.3, -0.25) is 0 Å². The van der Waals surface area contributed by atoms with E-state index in [9.17, 15) is 4.79 Å². The van der Waals surface area contributed by atoms with Crippen molar-refractivity contribution in [2.24, 2.45) is 0 Å². The van der Waals surface area contributed by atoms with Crippen molar-refractivity contribution < 1.29 is 14.6 Å². The largest absolute Gasteiger partial charge is 0.488 e. The Morgan fingerprint density at radius 1 is 1.33 bits per heavy atom. The normalized spacial score (nSPS) is 19.7. The Balaban J connectivity index is 2.02. The van der Waals surface area contributed by atoms with Crippen LogP contribution in [0.2, 0.25) is 10.0 Å². The zero-order valence-corrected chi connectivity index (χ0v) is 11.1. The zero-order valence-electron chi connectivity index (χ0n) is 9.60. The van der Waals surface area contributed by atoms with Gasteiger partial charge in [0.25, 0.3) is 0 Å². The molecule has 0 unspecified atom stereocenters. The molecule has 1 N–H and O–H groups in total. The van der Waals surface area contributed by atoms with E-state index >= 15 is 0 Å². The van der Waals surface area contributed by atoms with E-state index in [0.717, 1.165) is 12.8 Å². The highest BCUT2D eigenvalue weighted by molar-refractivity contribution is 6.34. The number of ether oxygens (including phenoxy) is 1. The fraction of sp³-hybridized carbons (Fsp3) is 0.417. The monoisotopic (exact) mass is 289 g/mol. The van der Waals surface area contributed by atoms with Crippen LogP contribution in [0, 0.1) is 0 Å². The molecule has 1 fully saturated rings. The molecule has 1 atom stereocenters. The molecule has 0 bridgehead atoms. The number of piperidine rings is 1. The minimum atomic E-state index is -0.910. The van der Waals surface area contributed by atoms with E-state index < -0.39 is 6.09 Å². The fourth-order valence-corrected chi connectivity index (χ4v) is 2.50. The minimum absolute atomic E-state index is 0.149. The molecule has 0 aromatic heterocycles. The summed E-state index contributed by atoms with van der Waals surface area (Å²) in [6.45, 7) is 0.935. The van der Waals surface area contributed by atoms with Gasteiger partial charge in [-0.1, -0.05) is 23.2 Å². The third kappa shape index (κ3) is 3.43. The van der Waals surface area contributed by atoms with E-state index in [1.165, 1.54) is 4.90 Å². The van der Waals surface area contributed by atoms with Gasteiger partial charge in [0, 0.05) is 16.6 Å². The van der Waals surface area contributed by atoms with Crippen molar-refractivity contribution in [3.63, 3.8) is 0 Å². The summed E-state index contributed by atoms with van der Waals surface area (Å²) in [4.78, 5) is 12.3. The standard InChI is InChI=1S/C12H13Cl2NO3/c13-8-4-9(14)6-11(5-8)18-10-2-1-3-15(7-10)12(16)17/h4-6,10H,1-3,7H2,(H,16,17)/t10-/m1/s1. The van der Waals surface area contributed by atoms with Crippen molar-refractivity contribution >= 4 is 29.3 Å². The maximum atomic E-state index is 10.9. The summed E-state index contributed by atoms with van der Waals surface area (Å²) in [7, 11) is 0. The number of hydrogen-bond acceptors (Lipinski definition) is 2. The second kappa shape index (κ2) is 5.67. The highest BCUT2D eigenvalue weighted by Gasteiger charge is 2.24. The summed E-state index contributed by atoms with van der Waals surface area (Å²) < 4.78 is 5.72. The van der Waals surface area contributed by atoms with Crippen LogP contribution in [-0.2, 0) is 0 Å². The van der Waals surface area contributed by atoms with E-state index in [2.05, 4.69) is 0 Å². The maximum absolute atomic E-state index is 10.9. The lowest BCUT2D eigenvalue weighted by atomic mass is 10.1. The number of carboxylic acid groups (broad SMARTS) is 1. The molecule has 1 aliphatic rings. The van der Waals surface area contributed by atoms with Crippen LogP contribution in [0.3, 0.4) is 0 Å². The minimum Gasteiger partial charge on any atom is -0.488 e. The van der Waals surface area contributed by atoms with Crippen molar-refractivity contribution in [1.29, 1.82) is 0 Å². The Hall–Kier alpha value is -1.13. The number of halogens is 2. The van der Waals surface area contributed by atoms with E-state index in [0.29, 0.717) is 28.9 Å². The lowest BCUT2D eigenvalue weighted by Crippen LogP contribution is -2.43. The highest BCUT2D eigenvalue weighted by Crippen LogP contribution is 2.26. The summed E-state index contributed by atoms with van der Waals surface area (Å²) in [5, 5.41) is 9.94. The van der Waals surface area contributed by atoms with Gasteiger partial charge in [0.2, 0.25) is 0 Å². The van der Waals surface area contributed by atoms with Crippen molar-refractivity contribution in [2.45, 2.75) is 18.9 Å². The molecule has 1 aliphatic heterocycles. The Kier molecular flexibility index (Phi) is 4.19. The molecule has 18 heavy (non-hydrogen) atoms. The van der Waals surface area contributed by atoms with E-state index in [-0.39, 0.29) is 6.10 Å². The second-order valence-electron chi connectivity index (χ2n) is 4.22. The zero-order chi connectivity index (χ0) is 13.1. The van der Waals surface area contributed by atoms with Gasteiger partial charge in [-0.25, -0.2) is 4.79 Å². The molecular weight excluding hydrogens is 277 g/mol. The molecule has 0 spiro atoms. The molecule has 2 rings (SSSR count). The second-order valence-corrected chi connectivity index (χ2v) is 5.09. The third-order valence-corrected chi connectivity index (χ3v) is 3.22. The quantitative estimate of drug-likeness (QED) is 0.906. The summed E-state index contributed by atoms with van der Waals surface area (Å²) in [6, 6.07) is 4.97. The van der Waals surface area contributed by atoms with Crippen LogP contribution in [0.15, 0.2) is 18.2 Å². The van der Waals surface area contributed by atoms with E-state index in [1.54, 1.807) is 18.2 Å². The first kappa shape index (κ1) is 13.3. The molecule has 1 heterocycles. The molecule has 1 aromatic carbocycles. The number of amides is 1. The summed E-state index contributed by atoms with van der Waals surface area (Å²) in [5.41, 5.74) is 0. The molecule has 0 radical (unpaired) electrons. The predicted molar refractivity (Wildman–Crippen MR) is 69.7 cm³/mol. The summed E-state index contributed by atoms with van der Waals surface area (Å²) in [5.74, 6) is 0.574. The lowest BCUT2D eigenvalue weighted by Gasteiger charge is -2.31. The van der Waals surface area contributed by atoms with Crippen LogP contribution < -0.4 is 4.74 Å². The first-order chi connectivity index (χ1) is 8.54. The molecule has 0 saturated carbocycles. The van der Waals surface area contributed by atoms with Gasteiger partial charge in [-0.15, -0.1) is 0 Å². The number of hydrogen-bond donors (Lipinski definition) is 1. The van der Waals surface area contributed by atoms with E-state index in [1.807, 2.05) is 0 Å². The Morgan fingerprint density at radius 3 is 2.61 bits per heavy atom. The van der Waals surface area contributed by atoms with Crippen molar-refractivity contribution in [1.82, 2.24) is 4.90 Å². The number of rotatable bonds is 2. The molecular formula is C12H13Cl2NO3. The van der Waals surface area contributed by atoms with Gasteiger partial charge < -0.3 is 14.7 Å². The van der Waals surface area contributed by atoms with Gasteiger partial charge in [0.1, 0.15) is 11.9 Å². The first-order valence-electron chi connectivity index (χ1n) is 5.65. The van der Waals surface area contributed by atoms with Crippen molar-refractivity contribution in [3.05, 3.63) is 28.2 Å². The van der Waals surface area contributed by atoms with Gasteiger partial charge in [0.15, 0.2) is 0 Å². The van der Waals surface area contributed by atoms with E-state index in [4.69, 9.17) is 33.0 Å².